The monoisotopic (exact) mass is 393 g/mol. The molecule has 2 aromatic rings. The fourth-order valence-electron chi connectivity index (χ4n) is 3.70. The first-order valence-electron chi connectivity index (χ1n) is 10.2. The third-order valence-corrected chi connectivity index (χ3v) is 5.69. The number of benzene rings is 2. The smallest absolute Gasteiger partial charge is 0.343 e. The van der Waals surface area contributed by atoms with Gasteiger partial charge in [0, 0.05) is 38.1 Å². The normalized spacial score (nSPS) is 21.6. The number of likely N-dealkylation sites (N-methyl/N-ethyl adjacent to an activating group) is 1. The van der Waals surface area contributed by atoms with Crippen LogP contribution in [0.5, 0.6) is 5.75 Å². The third kappa shape index (κ3) is 5.02. The molecule has 0 unspecified atom stereocenters. The van der Waals surface area contributed by atoms with E-state index in [1.54, 1.807) is 12.1 Å². The highest BCUT2D eigenvalue weighted by atomic mass is 16.5. The Bertz CT molecular complexity index is 845. The Hall–Kier alpha value is -2.70. The van der Waals surface area contributed by atoms with Crippen LogP contribution >= 0.6 is 0 Å². The Balaban J connectivity index is 1.23. The summed E-state index contributed by atoms with van der Waals surface area (Å²) >= 11 is 0. The van der Waals surface area contributed by atoms with Gasteiger partial charge in [0.15, 0.2) is 0 Å². The fourth-order valence-corrected chi connectivity index (χ4v) is 3.70. The summed E-state index contributed by atoms with van der Waals surface area (Å²) in [5, 5.41) is 3.39. The van der Waals surface area contributed by atoms with Crippen LogP contribution < -0.4 is 10.1 Å². The summed E-state index contributed by atoms with van der Waals surface area (Å²) in [6.45, 7) is 3.91. The zero-order valence-electron chi connectivity index (χ0n) is 16.7. The number of rotatable bonds is 6. The van der Waals surface area contributed by atoms with Crippen molar-refractivity contribution in [2.24, 2.45) is 0 Å². The molecule has 0 aromatic heterocycles. The number of hydrogen-bond acceptors (Lipinski definition) is 5. The molecule has 1 amide bonds. The SMILES string of the molecule is CN1CCN(C(=O)CN[C@@H]2C[C@H]2c2ccc(OC(=O)c3ccccc3)cc2)CC1. The first-order valence-corrected chi connectivity index (χ1v) is 10.2. The van der Waals surface area contributed by atoms with Crippen LogP contribution in [0.2, 0.25) is 0 Å². The number of ether oxygens (including phenoxy) is 1. The van der Waals surface area contributed by atoms with Gasteiger partial charge in [0.1, 0.15) is 5.75 Å². The number of carbonyl (C=O) groups is 2. The van der Waals surface area contributed by atoms with Gasteiger partial charge in [-0.05, 0) is 43.3 Å². The second kappa shape index (κ2) is 8.76. The summed E-state index contributed by atoms with van der Waals surface area (Å²) < 4.78 is 5.43. The van der Waals surface area contributed by atoms with E-state index in [0.29, 0.717) is 29.8 Å². The van der Waals surface area contributed by atoms with E-state index in [1.807, 2.05) is 47.4 Å². The Kier molecular flexibility index (Phi) is 5.92. The summed E-state index contributed by atoms with van der Waals surface area (Å²) in [5.74, 6) is 0.783. The molecule has 0 spiro atoms. The lowest BCUT2D eigenvalue weighted by atomic mass is 10.1. The van der Waals surface area contributed by atoms with Gasteiger partial charge in [-0.25, -0.2) is 4.79 Å². The Morgan fingerprint density at radius 3 is 2.38 bits per heavy atom. The van der Waals surface area contributed by atoms with Crippen LogP contribution in [-0.4, -0.2) is 67.5 Å². The minimum atomic E-state index is -0.355. The highest BCUT2D eigenvalue weighted by Crippen LogP contribution is 2.41. The van der Waals surface area contributed by atoms with E-state index in [4.69, 9.17) is 4.74 Å². The summed E-state index contributed by atoms with van der Waals surface area (Å²) in [7, 11) is 2.09. The van der Waals surface area contributed by atoms with Crippen LogP contribution in [0.25, 0.3) is 0 Å². The molecule has 6 heteroatoms. The lowest BCUT2D eigenvalue weighted by Crippen LogP contribution is -2.49. The van der Waals surface area contributed by atoms with Crippen LogP contribution in [0.15, 0.2) is 54.6 Å². The molecular weight excluding hydrogens is 366 g/mol. The molecule has 2 aromatic carbocycles. The largest absolute Gasteiger partial charge is 0.423 e. The maximum atomic E-state index is 12.3. The van der Waals surface area contributed by atoms with Crippen molar-refractivity contribution in [3.05, 3.63) is 65.7 Å². The van der Waals surface area contributed by atoms with Crippen molar-refractivity contribution in [2.75, 3.05) is 39.8 Å². The van der Waals surface area contributed by atoms with Gasteiger partial charge in [0.2, 0.25) is 5.91 Å². The average molecular weight is 393 g/mol. The van der Waals surface area contributed by atoms with Gasteiger partial charge >= 0.3 is 5.97 Å². The topological polar surface area (TPSA) is 61.9 Å². The molecular formula is C23H27N3O3. The number of nitrogens with zero attached hydrogens (tertiary/aromatic N) is 2. The van der Waals surface area contributed by atoms with Gasteiger partial charge < -0.3 is 19.9 Å². The molecule has 0 radical (unpaired) electrons. The lowest BCUT2D eigenvalue weighted by Gasteiger charge is -2.32. The average Bonchev–Trinajstić information content (AvgIpc) is 3.53. The highest BCUT2D eigenvalue weighted by Gasteiger charge is 2.38. The third-order valence-electron chi connectivity index (χ3n) is 5.69. The number of amides is 1. The maximum Gasteiger partial charge on any atom is 0.343 e. The second-order valence-electron chi connectivity index (χ2n) is 7.84. The quantitative estimate of drug-likeness (QED) is 0.602. The molecule has 29 heavy (non-hydrogen) atoms. The Morgan fingerprint density at radius 1 is 1.00 bits per heavy atom. The van der Waals surface area contributed by atoms with Crippen LogP contribution in [0.3, 0.4) is 0 Å². The predicted octanol–water partition coefficient (Wildman–Crippen LogP) is 2.13. The molecule has 1 saturated carbocycles. The number of nitrogens with one attached hydrogen (secondary N) is 1. The van der Waals surface area contributed by atoms with E-state index in [2.05, 4.69) is 17.3 Å². The van der Waals surface area contributed by atoms with E-state index in [0.717, 1.165) is 32.6 Å². The predicted molar refractivity (Wildman–Crippen MR) is 111 cm³/mol. The second-order valence-corrected chi connectivity index (χ2v) is 7.84. The zero-order chi connectivity index (χ0) is 20.2. The highest BCUT2D eigenvalue weighted by molar-refractivity contribution is 5.90. The summed E-state index contributed by atoms with van der Waals surface area (Å²) in [5.41, 5.74) is 1.74. The molecule has 1 aliphatic heterocycles. The van der Waals surface area contributed by atoms with Crippen LogP contribution in [0.4, 0.5) is 0 Å². The van der Waals surface area contributed by atoms with Crippen molar-refractivity contribution in [2.45, 2.75) is 18.4 Å². The van der Waals surface area contributed by atoms with E-state index in [-0.39, 0.29) is 11.9 Å². The van der Waals surface area contributed by atoms with Gasteiger partial charge in [-0.2, -0.15) is 0 Å². The van der Waals surface area contributed by atoms with E-state index >= 15 is 0 Å². The van der Waals surface area contributed by atoms with E-state index in [1.165, 1.54) is 5.56 Å². The van der Waals surface area contributed by atoms with Gasteiger partial charge in [0.25, 0.3) is 0 Å². The molecule has 2 atom stereocenters. The molecule has 6 nitrogen and oxygen atoms in total. The van der Waals surface area contributed by atoms with Crippen molar-refractivity contribution in [1.29, 1.82) is 0 Å². The van der Waals surface area contributed by atoms with Crippen molar-refractivity contribution in [1.82, 2.24) is 15.1 Å². The van der Waals surface area contributed by atoms with Gasteiger partial charge in [-0.15, -0.1) is 0 Å². The van der Waals surface area contributed by atoms with Gasteiger partial charge in [0.05, 0.1) is 12.1 Å². The minimum absolute atomic E-state index is 0.187. The standard InChI is InChI=1S/C23H27N3O3/c1-25-11-13-26(14-12-25)22(27)16-24-21-15-20(21)17-7-9-19(10-8-17)29-23(28)18-5-3-2-4-6-18/h2-10,20-21,24H,11-16H2,1H3/t20-,21+/m0/s1. The van der Waals surface area contributed by atoms with Gasteiger partial charge in [-0.3, -0.25) is 4.79 Å². The summed E-state index contributed by atoms with van der Waals surface area (Å²) in [6, 6.07) is 17.0. The zero-order valence-corrected chi connectivity index (χ0v) is 16.7. The molecule has 1 aliphatic carbocycles. The first-order chi connectivity index (χ1) is 14.1. The molecule has 2 fully saturated rings. The van der Waals surface area contributed by atoms with E-state index in [9.17, 15) is 9.59 Å². The first kappa shape index (κ1) is 19.6. The van der Waals surface area contributed by atoms with Crippen LogP contribution in [0, 0.1) is 0 Å². The maximum absolute atomic E-state index is 12.3. The molecule has 2 aliphatic rings. The van der Waals surface area contributed by atoms with Crippen LogP contribution in [-0.2, 0) is 4.79 Å². The molecule has 1 saturated heterocycles. The Morgan fingerprint density at radius 2 is 1.69 bits per heavy atom. The number of piperazine rings is 1. The fraction of sp³-hybridized carbons (Fsp3) is 0.391. The van der Waals surface area contributed by atoms with Crippen molar-refractivity contribution in [3.8, 4) is 5.75 Å². The van der Waals surface area contributed by atoms with Gasteiger partial charge in [-0.1, -0.05) is 30.3 Å². The molecule has 4 rings (SSSR count). The number of esters is 1. The summed E-state index contributed by atoms with van der Waals surface area (Å²) in [4.78, 5) is 28.7. The molecule has 1 heterocycles. The van der Waals surface area contributed by atoms with Crippen molar-refractivity contribution in [3.63, 3.8) is 0 Å². The molecule has 152 valence electrons. The molecule has 1 N–H and O–H groups in total. The van der Waals surface area contributed by atoms with Crippen molar-refractivity contribution < 1.29 is 14.3 Å². The summed E-state index contributed by atoms with van der Waals surface area (Å²) in [6.07, 6.45) is 1.03. The number of carbonyl (C=O) groups excluding carboxylic acids is 2. The van der Waals surface area contributed by atoms with Crippen molar-refractivity contribution >= 4 is 11.9 Å². The number of hydrogen-bond donors (Lipinski definition) is 1. The lowest BCUT2D eigenvalue weighted by molar-refractivity contribution is -0.131. The van der Waals surface area contributed by atoms with Crippen LogP contribution in [0.1, 0.15) is 28.3 Å². The molecule has 0 bridgehead atoms. The Labute approximate surface area is 171 Å². The minimum Gasteiger partial charge on any atom is -0.423 e. The van der Waals surface area contributed by atoms with E-state index < -0.39 is 0 Å².